The average Bonchev–Trinajstić information content (AvgIpc) is 2.59. The summed E-state index contributed by atoms with van der Waals surface area (Å²) in [5.74, 6) is 0.765. The molecule has 1 saturated heterocycles. The van der Waals surface area contributed by atoms with Gasteiger partial charge in [0.05, 0.1) is 0 Å². The van der Waals surface area contributed by atoms with Crippen molar-refractivity contribution in [2.45, 2.75) is 57.7 Å². The molecule has 18 heavy (non-hydrogen) atoms. The van der Waals surface area contributed by atoms with E-state index in [1.807, 2.05) is 0 Å². The molecule has 0 bridgehead atoms. The predicted molar refractivity (Wildman–Crippen MR) is 84.5 cm³/mol. The van der Waals surface area contributed by atoms with Crippen LogP contribution in [0.1, 0.15) is 46.5 Å². The molecule has 0 aromatic carbocycles. The first-order valence-corrected chi connectivity index (χ1v) is 8.89. The number of likely N-dealkylation sites (tertiary alicyclic amines) is 1. The molecule has 1 aliphatic heterocycles. The first-order valence-electron chi connectivity index (χ1n) is 7.61. The molecule has 1 fully saturated rings. The van der Waals surface area contributed by atoms with Gasteiger partial charge in [-0.05, 0) is 71.0 Å². The van der Waals surface area contributed by atoms with Gasteiger partial charge in [-0.15, -0.1) is 0 Å². The van der Waals surface area contributed by atoms with Crippen LogP contribution in [0.3, 0.4) is 0 Å². The molecule has 1 heterocycles. The summed E-state index contributed by atoms with van der Waals surface area (Å²) in [7, 11) is 0. The minimum atomic E-state index is 0.741. The summed E-state index contributed by atoms with van der Waals surface area (Å²) in [6, 6.07) is 0.741. The Labute approximate surface area is 118 Å². The Morgan fingerprint density at radius 1 is 1.22 bits per heavy atom. The lowest BCUT2D eigenvalue weighted by Gasteiger charge is -2.28. The van der Waals surface area contributed by atoms with Crippen LogP contribution in [-0.4, -0.2) is 48.6 Å². The number of rotatable bonds is 7. The summed E-state index contributed by atoms with van der Waals surface area (Å²) < 4.78 is 0. The Bertz CT molecular complexity index is 209. The number of thioether (sulfide) groups is 1. The van der Waals surface area contributed by atoms with Gasteiger partial charge in [-0.2, -0.15) is 11.8 Å². The van der Waals surface area contributed by atoms with Crippen LogP contribution in [-0.2, 0) is 0 Å². The lowest BCUT2D eigenvalue weighted by atomic mass is 10.1. The van der Waals surface area contributed by atoms with E-state index >= 15 is 0 Å². The molecule has 108 valence electrons. The van der Waals surface area contributed by atoms with E-state index in [2.05, 4.69) is 49.0 Å². The second-order valence-corrected chi connectivity index (χ2v) is 7.20. The fourth-order valence-electron chi connectivity index (χ4n) is 2.65. The van der Waals surface area contributed by atoms with Crippen molar-refractivity contribution >= 4 is 11.8 Å². The van der Waals surface area contributed by atoms with Gasteiger partial charge in [-0.1, -0.05) is 13.8 Å². The maximum Gasteiger partial charge on any atom is 0.00790 e. The van der Waals surface area contributed by atoms with Crippen molar-refractivity contribution in [1.82, 2.24) is 10.2 Å². The largest absolute Gasteiger partial charge is 0.316 e. The molecule has 2 nitrogen and oxygen atoms in total. The lowest BCUT2D eigenvalue weighted by molar-refractivity contribution is 0.206. The minimum Gasteiger partial charge on any atom is -0.316 e. The normalized spacial score (nSPS) is 24.2. The van der Waals surface area contributed by atoms with E-state index in [9.17, 15) is 0 Å². The molecule has 0 aliphatic carbocycles. The van der Waals surface area contributed by atoms with E-state index in [4.69, 9.17) is 0 Å². The topological polar surface area (TPSA) is 15.3 Å². The molecular formula is C15H32N2S. The summed E-state index contributed by atoms with van der Waals surface area (Å²) in [6.45, 7) is 11.9. The Morgan fingerprint density at radius 3 is 2.67 bits per heavy atom. The number of nitrogens with zero attached hydrogens (tertiary/aromatic N) is 1. The summed E-state index contributed by atoms with van der Waals surface area (Å²) in [6.07, 6.45) is 7.73. The summed E-state index contributed by atoms with van der Waals surface area (Å²) in [5, 5.41) is 4.46. The highest BCUT2D eigenvalue weighted by atomic mass is 32.2. The second kappa shape index (κ2) is 9.22. The minimum absolute atomic E-state index is 0.741. The van der Waals surface area contributed by atoms with Crippen LogP contribution in [0, 0.1) is 5.92 Å². The SMILES string of the molecule is CSC1CCCN(C(C)CCNCC(C)C)CC1. The molecule has 1 aliphatic rings. The van der Waals surface area contributed by atoms with Gasteiger partial charge in [0, 0.05) is 11.3 Å². The molecule has 0 amide bonds. The zero-order valence-corrected chi connectivity index (χ0v) is 13.6. The average molecular weight is 273 g/mol. The Hall–Kier alpha value is 0.270. The van der Waals surface area contributed by atoms with Gasteiger partial charge < -0.3 is 10.2 Å². The molecule has 0 radical (unpaired) electrons. The quantitative estimate of drug-likeness (QED) is 0.716. The molecule has 2 unspecified atom stereocenters. The summed E-state index contributed by atoms with van der Waals surface area (Å²) in [5.41, 5.74) is 0. The Morgan fingerprint density at radius 2 is 2.00 bits per heavy atom. The summed E-state index contributed by atoms with van der Waals surface area (Å²) >= 11 is 2.06. The van der Waals surface area contributed by atoms with Crippen molar-refractivity contribution in [2.24, 2.45) is 5.92 Å². The molecule has 0 saturated carbocycles. The third-order valence-electron chi connectivity index (χ3n) is 3.96. The Kier molecular flexibility index (Phi) is 8.36. The molecule has 0 spiro atoms. The highest BCUT2D eigenvalue weighted by molar-refractivity contribution is 7.99. The smallest absolute Gasteiger partial charge is 0.00790 e. The van der Waals surface area contributed by atoms with E-state index < -0.39 is 0 Å². The van der Waals surface area contributed by atoms with Crippen molar-refractivity contribution in [3.8, 4) is 0 Å². The number of hydrogen-bond donors (Lipinski definition) is 1. The van der Waals surface area contributed by atoms with Crippen LogP contribution in [0.15, 0.2) is 0 Å². The van der Waals surface area contributed by atoms with Crippen molar-refractivity contribution in [2.75, 3.05) is 32.4 Å². The van der Waals surface area contributed by atoms with Crippen LogP contribution in [0.5, 0.6) is 0 Å². The number of hydrogen-bond acceptors (Lipinski definition) is 3. The van der Waals surface area contributed by atoms with Crippen LogP contribution < -0.4 is 5.32 Å². The molecular weight excluding hydrogens is 240 g/mol. The van der Waals surface area contributed by atoms with Crippen LogP contribution in [0.4, 0.5) is 0 Å². The zero-order chi connectivity index (χ0) is 13.4. The molecule has 2 atom stereocenters. The van der Waals surface area contributed by atoms with Crippen molar-refractivity contribution in [3.63, 3.8) is 0 Å². The van der Waals surface area contributed by atoms with Gasteiger partial charge in [0.2, 0.25) is 0 Å². The van der Waals surface area contributed by atoms with E-state index in [1.54, 1.807) is 0 Å². The maximum absolute atomic E-state index is 3.56. The van der Waals surface area contributed by atoms with Gasteiger partial charge in [0.15, 0.2) is 0 Å². The highest BCUT2D eigenvalue weighted by Gasteiger charge is 2.19. The van der Waals surface area contributed by atoms with Gasteiger partial charge in [-0.3, -0.25) is 0 Å². The summed E-state index contributed by atoms with van der Waals surface area (Å²) in [4.78, 5) is 2.70. The standard InChI is InChI=1S/C15H32N2S/c1-13(2)12-16-9-7-14(3)17-10-5-6-15(18-4)8-11-17/h13-16H,5-12H2,1-4H3. The van der Waals surface area contributed by atoms with E-state index in [0.717, 1.165) is 23.8 Å². The van der Waals surface area contributed by atoms with Gasteiger partial charge in [0.1, 0.15) is 0 Å². The predicted octanol–water partition coefficient (Wildman–Crippen LogP) is 3.23. The van der Waals surface area contributed by atoms with E-state index in [-0.39, 0.29) is 0 Å². The third-order valence-corrected chi connectivity index (χ3v) is 5.10. The van der Waals surface area contributed by atoms with Crippen molar-refractivity contribution in [3.05, 3.63) is 0 Å². The molecule has 0 aromatic heterocycles. The fraction of sp³-hybridized carbons (Fsp3) is 1.00. The zero-order valence-electron chi connectivity index (χ0n) is 12.7. The molecule has 0 aromatic rings. The van der Waals surface area contributed by atoms with Gasteiger partial charge in [0.25, 0.3) is 0 Å². The highest BCUT2D eigenvalue weighted by Crippen LogP contribution is 2.22. The second-order valence-electron chi connectivity index (χ2n) is 6.06. The third kappa shape index (κ3) is 6.44. The molecule has 1 N–H and O–H groups in total. The van der Waals surface area contributed by atoms with Crippen LogP contribution >= 0.6 is 11.8 Å². The first-order chi connectivity index (χ1) is 8.63. The first kappa shape index (κ1) is 16.3. The van der Waals surface area contributed by atoms with Gasteiger partial charge >= 0.3 is 0 Å². The molecule has 3 heteroatoms. The molecule has 1 rings (SSSR count). The van der Waals surface area contributed by atoms with Crippen molar-refractivity contribution < 1.29 is 0 Å². The Balaban J connectivity index is 2.18. The van der Waals surface area contributed by atoms with E-state index in [1.165, 1.54) is 45.3 Å². The van der Waals surface area contributed by atoms with E-state index in [0.29, 0.717) is 0 Å². The maximum atomic E-state index is 3.56. The van der Waals surface area contributed by atoms with Gasteiger partial charge in [-0.25, -0.2) is 0 Å². The van der Waals surface area contributed by atoms with Crippen molar-refractivity contribution in [1.29, 1.82) is 0 Å². The van der Waals surface area contributed by atoms with Crippen LogP contribution in [0.2, 0.25) is 0 Å². The number of nitrogens with one attached hydrogen (secondary N) is 1. The van der Waals surface area contributed by atoms with Crippen LogP contribution in [0.25, 0.3) is 0 Å². The lowest BCUT2D eigenvalue weighted by Crippen LogP contribution is -2.36. The monoisotopic (exact) mass is 272 g/mol. The fourth-order valence-corrected chi connectivity index (χ4v) is 3.39.